The molecule has 4 heteroatoms. The van der Waals surface area contributed by atoms with Gasteiger partial charge in [-0.25, -0.2) is 0 Å². The van der Waals surface area contributed by atoms with Gasteiger partial charge in [-0.05, 0) is 36.2 Å². The van der Waals surface area contributed by atoms with Crippen molar-refractivity contribution in [3.05, 3.63) is 68.7 Å². The molecule has 2 aromatic carbocycles. The first kappa shape index (κ1) is 15.2. The lowest BCUT2D eigenvalue weighted by molar-refractivity contribution is 0.0993. The number of rotatable bonds is 5. The first-order valence-electron chi connectivity index (χ1n) is 6.36. The minimum atomic E-state index is 0.0634. The van der Waals surface area contributed by atoms with Gasteiger partial charge in [0.15, 0.2) is 5.78 Å². The van der Waals surface area contributed by atoms with Crippen molar-refractivity contribution in [2.24, 2.45) is 5.73 Å². The van der Waals surface area contributed by atoms with Gasteiger partial charge in [-0.1, -0.05) is 57.9 Å². The van der Waals surface area contributed by atoms with Crippen molar-refractivity contribution >= 4 is 33.3 Å². The molecule has 0 aromatic heterocycles. The van der Waals surface area contributed by atoms with Crippen molar-refractivity contribution < 1.29 is 4.79 Å². The average molecular weight is 353 g/mol. The van der Waals surface area contributed by atoms with Crippen LogP contribution < -0.4 is 5.73 Å². The number of benzene rings is 2. The van der Waals surface area contributed by atoms with E-state index in [9.17, 15) is 4.79 Å². The van der Waals surface area contributed by atoms with Gasteiger partial charge in [0.25, 0.3) is 0 Å². The van der Waals surface area contributed by atoms with Gasteiger partial charge < -0.3 is 5.73 Å². The Hall–Kier alpha value is -1.16. The highest BCUT2D eigenvalue weighted by molar-refractivity contribution is 9.10. The van der Waals surface area contributed by atoms with Crippen molar-refractivity contribution in [3.63, 3.8) is 0 Å². The van der Waals surface area contributed by atoms with E-state index >= 15 is 0 Å². The highest BCUT2D eigenvalue weighted by Crippen LogP contribution is 2.22. The summed E-state index contributed by atoms with van der Waals surface area (Å²) >= 11 is 9.48. The summed E-state index contributed by atoms with van der Waals surface area (Å²) in [5.41, 5.74) is 8.19. The van der Waals surface area contributed by atoms with Crippen LogP contribution >= 0.6 is 27.5 Å². The number of hydrogen-bond donors (Lipinski definition) is 1. The van der Waals surface area contributed by atoms with E-state index in [-0.39, 0.29) is 5.78 Å². The molecule has 0 atom stereocenters. The Morgan fingerprint density at radius 2 is 1.85 bits per heavy atom. The van der Waals surface area contributed by atoms with Crippen molar-refractivity contribution in [2.45, 2.75) is 12.8 Å². The minimum absolute atomic E-state index is 0.0634. The predicted octanol–water partition coefficient (Wildman–Crippen LogP) is 4.03. The molecule has 104 valence electrons. The summed E-state index contributed by atoms with van der Waals surface area (Å²) in [6.45, 7) is 0.613. The average Bonchev–Trinajstić information content (AvgIpc) is 2.43. The van der Waals surface area contributed by atoms with Gasteiger partial charge in [-0.3, -0.25) is 4.79 Å². The Balaban J connectivity index is 2.11. The van der Waals surface area contributed by atoms with Crippen molar-refractivity contribution in [3.8, 4) is 0 Å². The second kappa shape index (κ2) is 7.02. The molecule has 0 bridgehead atoms. The van der Waals surface area contributed by atoms with E-state index in [1.807, 2.05) is 36.4 Å². The zero-order valence-electron chi connectivity index (χ0n) is 10.9. The van der Waals surface area contributed by atoms with Crippen LogP contribution in [0.5, 0.6) is 0 Å². The molecule has 0 radical (unpaired) electrons. The summed E-state index contributed by atoms with van der Waals surface area (Å²) in [5, 5.41) is 0.604. The number of nitrogens with two attached hydrogens (primary N) is 1. The van der Waals surface area contributed by atoms with E-state index in [1.54, 1.807) is 6.07 Å². The highest BCUT2D eigenvalue weighted by Gasteiger charge is 2.10. The quantitative estimate of drug-likeness (QED) is 0.826. The first-order chi connectivity index (χ1) is 9.60. The largest absolute Gasteiger partial charge is 0.330 e. The molecule has 2 N–H and O–H groups in total. The summed E-state index contributed by atoms with van der Waals surface area (Å²) in [7, 11) is 0. The summed E-state index contributed by atoms with van der Waals surface area (Å²) in [4.78, 5) is 12.2. The molecule has 20 heavy (non-hydrogen) atoms. The second-order valence-electron chi connectivity index (χ2n) is 4.57. The molecule has 0 aliphatic heterocycles. The molecular weight excluding hydrogens is 338 g/mol. The maximum Gasteiger partial charge on any atom is 0.167 e. The van der Waals surface area contributed by atoms with E-state index in [4.69, 9.17) is 17.3 Å². The van der Waals surface area contributed by atoms with Gasteiger partial charge in [0.05, 0.1) is 0 Å². The molecular formula is C16H15BrClNO. The van der Waals surface area contributed by atoms with Crippen LogP contribution in [0.25, 0.3) is 0 Å². The number of halogens is 2. The number of carbonyl (C=O) groups excluding carboxylic acids is 1. The summed E-state index contributed by atoms with van der Waals surface area (Å²) in [5.74, 6) is 0.0634. The SMILES string of the molecule is NCCc1ccc(C(=O)Cc2ccc(Br)cc2Cl)cc1. The highest BCUT2D eigenvalue weighted by atomic mass is 79.9. The molecule has 0 fully saturated rings. The zero-order valence-corrected chi connectivity index (χ0v) is 13.2. The third-order valence-corrected chi connectivity index (χ3v) is 3.92. The van der Waals surface area contributed by atoms with E-state index in [0.717, 1.165) is 22.0 Å². The maximum atomic E-state index is 12.2. The van der Waals surface area contributed by atoms with Crippen LogP contribution in [0.4, 0.5) is 0 Å². The lowest BCUT2D eigenvalue weighted by Gasteiger charge is -2.05. The summed E-state index contributed by atoms with van der Waals surface area (Å²) < 4.78 is 0.907. The van der Waals surface area contributed by atoms with Crippen molar-refractivity contribution in [1.29, 1.82) is 0 Å². The summed E-state index contributed by atoms with van der Waals surface area (Å²) in [6, 6.07) is 13.1. The minimum Gasteiger partial charge on any atom is -0.330 e. The lowest BCUT2D eigenvalue weighted by Crippen LogP contribution is -2.05. The van der Waals surface area contributed by atoms with Crippen LogP contribution in [0.1, 0.15) is 21.5 Å². The topological polar surface area (TPSA) is 43.1 Å². The third kappa shape index (κ3) is 3.92. The molecule has 0 spiro atoms. The Morgan fingerprint density at radius 1 is 1.15 bits per heavy atom. The van der Waals surface area contributed by atoms with Crippen LogP contribution in [0.3, 0.4) is 0 Å². The Morgan fingerprint density at radius 3 is 2.45 bits per heavy atom. The van der Waals surface area contributed by atoms with Crippen LogP contribution in [0.2, 0.25) is 5.02 Å². The Labute approximate surface area is 132 Å². The van der Waals surface area contributed by atoms with Gasteiger partial charge in [0.1, 0.15) is 0 Å². The van der Waals surface area contributed by atoms with Gasteiger partial charge in [0.2, 0.25) is 0 Å². The van der Waals surface area contributed by atoms with Crippen LogP contribution in [0, 0.1) is 0 Å². The fourth-order valence-corrected chi connectivity index (χ4v) is 2.70. The first-order valence-corrected chi connectivity index (χ1v) is 7.53. The molecule has 2 aromatic rings. The van der Waals surface area contributed by atoms with Crippen molar-refractivity contribution in [1.82, 2.24) is 0 Å². The van der Waals surface area contributed by atoms with E-state index in [2.05, 4.69) is 15.9 Å². The molecule has 2 nitrogen and oxygen atoms in total. The zero-order chi connectivity index (χ0) is 14.5. The molecule has 0 unspecified atom stereocenters. The number of ketones is 1. The fraction of sp³-hybridized carbons (Fsp3) is 0.188. The van der Waals surface area contributed by atoms with Crippen LogP contribution in [-0.4, -0.2) is 12.3 Å². The fourth-order valence-electron chi connectivity index (χ4n) is 1.96. The van der Waals surface area contributed by atoms with Gasteiger partial charge in [0, 0.05) is 21.5 Å². The Kier molecular flexibility index (Phi) is 5.35. The number of carbonyl (C=O) groups is 1. The van der Waals surface area contributed by atoms with E-state index < -0.39 is 0 Å². The number of Topliss-reactive ketones (excluding diaryl/α,β-unsaturated/α-hetero) is 1. The van der Waals surface area contributed by atoms with E-state index in [0.29, 0.717) is 23.6 Å². The number of hydrogen-bond acceptors (Lipinski definition) is 2. The third-order valence-electron chi connectivity index (χ3n) is 3.08. The van der Waals surface area contributed by atoms with Crippen LogP contribution in [0.15, 0.2) is 46.9 Å². The van der Waals surface area contributed by atoms with E-state index in [1.165, 1.54) is 0 Å². The lowest BCUT2D eigenvalue weighted by atomic mass is 10.0. The molecule has 0 saturated heterocycles. The van der Waals surface area contributed by atoms with Crippen molar-refractivity contribution in [2.75, 3.05) is 6.54 Å². The second-order valence-corrected chi connectivity index (χ2v) is 5.89. The normalized spacial score (nSPS) is 10.6. The smallest absolute Gasteiger partial charge is 0.167 e. The molecule has 0 heterocycles. The molecule has 0 amide bonds. The Bertz CT molecular complexity index is 610. The molecule has 0 aliphatic rings. The van der Waals surface area contributed by atoms with Gasteiger partial charge >= 0.3 is 0 Å². The molecule has 0 aliphatic carbocycles. The maximum absolute atomic E-state index is 12.2. The molecule has 2 rings (SSSR count). The van der Waals surface area contributed by atoms with Gasteiger partial charge in [-0.2, -0.15) is 0 Å². The van der Waals surface area contributed by atoms with Crippen LogP contribution in [-0.2, 0) is 12.8 Å². The van der Waals surface area contributed by atoms with Gasteiger partial charge in [-0.15, -0.1) is 0 Å². The standard InChI is InChI=1S/C16H15BrClNO/c17-14-6-5-13(15(18)10-14)9-16(20)12-3-1-11(2-4-12)7-8-19/h1-6,10H,7-9,19H2. The predicted molar refractivity (Wildman–Crippen MR) is 86.4 cm³/mol. The summed E-state index contributed by atoms with van der Waals surface area (Å²) in [6.07, 6.45) is 1.13. The molecule has 0 saturated carbocycles. The monoisotopic (exact) mass is 351 g/mol.